The molecule has 0 radical (unpaired) electrons. The normalized spacial score (nSPS) is 29.6. The van der Waals surface area contributed by atoms with Gasteiger partial charge in [-0.05, 0) is 24.6 Å². The Balaban J connectivity index is 1.80. The third-order valence-corrected chi connectivity index (χ3v) is 4.33. The highest BCUT2D eigenvalue weighted by molar-refractivity contribution is 6.31. The van der Waals surface area contributed by atoms with Gasteiger partial charge < -0.3 is 15.2 Å². The monoisotopic (exact) mass is 307 g/mol. The zero-order valence-corrected chi connectivity index (χ0v) is 12.0. The number of aliphatic carboxylic acids is 1. The van der Waals surface area contributed by atoms with Crippen LogP contribution in [0.2, 0.25) is 5.02 Å². The van der Waals surface area contributed by atoms with E-state index in [0.29, 0.717) is 10.7 Å². The number of halogens is 1. The molecule has 3 rings (SSSR count). The van der Waals surface area contributed by atoms with Gasteiger partial charge in [0.05, 0.1) is 18.1 Å². The fourth-order valence-electron chi connectivity index (χ4n) is 2.81. The lowest BCUT2D eigenvalue weighted by atomic mass is 9.82. The zero-order chi connectivity index (χ0) is 15.1. The molecular formula is C15H14ClNO4. The molecule has 0 spiro atoms. The lowest BCUT2D eigenvalue weighted by Crippen LogP contribution is -2.39. The maximum absolute atomic E-state index is 12.4. The van der Waals surface area contributed by atoms with E-state index in [-0.39, 0.29) is 5.91 Å². The maximum atomic E-state index is 12.4. The molecule has 2 heterocycles. The van der Waals surface area contributed by atoms with Crippen LogP contribution in [0.4, 0.5) is 5.69 Å². The summed E-state index contributed by atoms with van der Waals surface area (Å²) in [6, 6.07) is 5.18. The molecular weight excluding hydrogens is 294 g/mol. The Bertz CT molecular complexity index is 643. The third kappa shape index (κ3) is 2.43. The van der Waals surface area contributed by atoms with Crippen molar-refractivity contribution in [2.45, 2.75) is 19.1 Å². The minimum Gasteiger partial charge on any atom is -0.481 e. The van der Waals surface area contributed by atoms with Crippen molar-refractivity contribution in [3.05, 3.63) is 40.9 Å². The number of ether oxygens (including phenoxy) is 1. The van der Waals surface area contributed by atoms with Gasteiger partial charge in [-0.25, -0.2) is 0 Å². The Morgan fingerprint density at radius 1 is 1.24 bits per heavy atom. The number of rotatable bonds is 3. The molecule has 1 aromatic rings. The van der Waals surface area contributed by atoms with E-state index in [1.165, 1.54) is 0 Å². The Kier molecular flexibility index (Phi) is 3.47. The van der Waals surface area contributed by atoms with Crippen LogP contribution in [0.15, 0.2) is 30.4 Å². The van der Waals surface area contributed by atoms with Crippen molar-refractivity contribution in [1.29, 1.82) is 0 Å². The fourth-order valence-corrected chi connectivity index (χ4v) is 2.99. The van der Waals surface area contributed by atoms with E-state index in [4.69, 9.17) is 16.3 Å². The van der Waals surface area contributed by atoms with Gasteiger partial charge in [0.25, 0.3) is 0 Å². The van der Waals surface area contributed by atoms with Crippen molar-refractivity contribution in [3.63, 3.8) is 0 Å². The Hall–Kier alpha value is -1.85. The van der Waals surface area contributed by atoms with Gasteiger partial charge in [-0.1, -0.05) is 29.8 Å². The second-order valence-corrected chi connectivity index (χ2v) is 5.70. The van der Waals surface area contributed by atoms with E-state index in [2.05, 4.69) is 5.32 Å². The maximum Gasteiger partial charge on any atom is 0.310 e. The highest BCUT2D eigenvalue weighted by Gasteiger charge is 2.53. The molecule has 6 heteroatoms. The molecule has 2 bridgehead atoms. The van der Waals surface area contributed by atoms with Crippen molar-refractivity contribution in [1.82, 2.24) is 0 Å². The number of carboxylic acid groups (broad SMARTS) is 1. The lowest BCUT2D eigenvalue weighted by Gasteiger charge is -2.21. The van der Waals surface area contributed by atoms with Gasteiger partial charge in [-0.2, -0.15) is 0 Å². The third-order valence-electron chi connectivity index (χ3n) is 3.93. The van der Waals surface area contributed by atoms with Crippen LogP contribution >= 0.6 is 11.6 Å². The molecule has 2 aliphatic rings. The molecule has 110 valence electrons. The number of carbonyl (C=O) groups excluding carboxylic acids is 1. The summed E-state index contributed by atoms with van der Waals surface area (Å²) in [6.07, 6.45) is 2.45. The second-order valence-electron chi connectivity index (χ2n) is 5.29. The highest BCUT2D eigenvalue weighted by Crippen LogP contribution is 2.40. The summed E-state index contributed by atoms with van der Waals surface area (Å²) in [6.45, 7) is 1.86. The average Bonchev–Trinajstić information content (AvgIpc) is 3.03. The Morgan fingerprint density at radius 2 is 1.90 bits per heavy atom. The van der Waals surface area contributed by atoms with E-state index >= 15 is 0 Å². The smallest absolute Gasteiger partial charge is 0.310 e. The first kappa shape index (κ1) is 14.1. The van der Waals surface area contributed by atoms with Crippen molar-refractivity contribution in [3.8, 4) is 0 Å². The summed E-state index contributed by atoms with van der Waals surface area (Å²) in [5.74, 6) is -2.95. The van der Waals surface area contributed by atoms with Crippen molar-refractivity contribution in [2.24, 2.45) is 11.8 Å². The summed E-state index contributed by atoms with van der Waals surface area (Å²) >= 11 is 6.02. The van der Waals surface area contributed by atoms with Crippen molar-refractivity contribution >= 4 is 29.2 Å². The van der Waals surface area contributed by atoms with Gasteiger partial charge >= 0.3 is 5.97 Å². The van der Waals surface area contributed by atoms with Crippen LogP contribution < -0.4 is 5.32 Å². The molecule has 0 aliphatic carbocycles. The minimum atomic E-state index is -1.02. The predicted octanol–water partition coefficient (Wildman–Crippen LogP) is 2.24. The van der Waals surface area contributed by atoms with E-state index in [0.717, 1.165) is 5.56 Å². The van der Waals surface area contributed by atoms with Gasteiger partial charge in [-0.15, -0.1) is 0 Å². The van der Waals surface area contributed by atoms with Crippen LogP contribution in [0.3, 0.4) is 0 Å². The number of carbonyl (C=O) groups is 2. The van der Waals surface area contributed by atoms with Crippen molar-refractivity contribution in [2.75, 3.05) is 5.32 Å². The lowest BCUT2D eigenvalue weighted by molar-refractivity contribution is -0.145. The Morgan fingerprint density at radius 3 is 2.52 bits per heavy atom. The van der Waals surface area contributed by atoms with E-state index in [1.54, 1.807) is 30.4 Å². The summed E-state index contributed by atoms with van der Waals surface area (Å²) < 4.78 is 5.48. The van der Waals surface area contributed by atoms with Crippen LogP contribution in [-0.4, -0.2) is 29.2 Å². The summed E-state index contributed by atoms with van der Waals surface area (Å²) in [7, 11) is 0. The molecule has 0 saturated carbocycles. The van der Waals surface area contributed by atoms with E-state index in [1.807, 2.05) is 6.92 Å². The van der Waals surface area contributed by atoms with Crippen LogP contribution in [0.25, 0.3) is 0 Å². The number of aryl methyl sites for hydroxylation is 1. The minimum absolute atomic E-state index is 0.362. The largest absolute Gasteiger partial charge is 0.481 e. The molecule has 1 fully saturated rings. The van der Waals surface area contributed by atoms with Crippen LogP contribution in [0.5, 0.6) is 0 Å². The van der Waals surface area contributed by atoms with Crippen LogP contribution in [-0.2, 0) is 14.3 Å². The van der Waals surface area contributed by atoms with E-state index < -0.39 is 30.0 Å². The number of amides is 1. The first-order valence-corrected chi connectivity index (χ1v) is 6.99. The van der Waals surface area contributed by atoms with Crippen molar-refractivity contribution < 1.29 is 19.4 Å². The fraction of sp³-hybridized carbons (Fsp3) is 0.333. The number of nitrogens with one attached hydrogen (secondary N) is 1. The highest BCUT2D eigenvalue weighted by atomic mass is 35.5. The molecule has 0 aromatic heterocycles. The predicted molar refractivity (Wildman–Crippen MR) is 77.2 cm³/mol. The molecule has 4 atom stereocenters. The van der Waals surface area contributed by atoms with E-state index in [9.17, 15) is 14.7 Å². The molecule has 1 amide bonds. The first-order valence-electron chi connectivity index (χ1n) is 6.61. The number of fused-ring (bicyclic) bond motifs is 2. The number of hydrogen-bond acceptors (Lipinski definition) is 3. The van der Waals surface area contributed by atoms with Crippen LogP contribution in [0, 0.1) is 18.8 Å². The number of carboxylic acids is 1. The SMILES string of the molecule is Cc1ccc(NC(=O)[C@H]2[C@@H](C(=O)O)[C@@H]3C=C[C@H]2O3)cc1Cl. The van der Waals surface area contributed by atoms with Crippen LogP contribution in [0.1, 0.15) is 5.56 Å². The molecule has 2 aliphatic heterocycles. The molecule has 2 N–H and O–H groups in total. The second kappa shape index (κ2) is 5.16. The van der Waals surface area contributed by atoms with Gasteiger partial charge in [-0.3, -0.25) is 9.59 Å². The molecule has 1 aromatic carbocycles. The quantitative estimate of drug-likeness (QED) is 0.840. The van der Waals surface area contributed by atoms with Gasteiger partial charge in [0.15, 0.2) is 0 Å². The molecule has 5 nitrogen and oxygen atoms in total. The summed E-state index contributed by atoms with van der Waals surface area (Å²) in [5.41, 5.74) is 1.45. The molecule has 1 saturated heterocycles. The zero-order valence-electron chi connectivity index (χ0n) is 11.2. The average molecular weight is 308 g/mol. The summed E-state index contributed by atoms with van der Waals surface area (Å²) in [4.78, 5) is 23.7. The summed E-state index contributed by atoms with van der Waals surface area (Å²) in [5, 5.41) is 12.6. The standard InChI is InChI=1S/C15H14ClNO4/c1-7-2-3-8(6-9(7)16)17-14(18)12-10-4-5-11(21-10)13(12)15(19)20/h2-6,10-13H,1H3,(H,17,18)(H,19,20)/t10-,11+,12-,13+/m1/s1. The number of anilines is 1. The van der Waals surface area contributed by atoms with Gasteiger partial charge in [0.1, 0.15) is 5.92 Å². The number of benzene rings is 1. The Labute approximate surface area is 126 Å². The first-order chi connectivity index (χ1) is 9.97. The topological polar surface area (TPSA) is 75.6 Å². The molecule has 0 unspecified atom stereocenters. The number of hydrogen-bond donors (Lipinski definition) is 2. The molecule has 21 heavy (non-hydrogen) atoms. The van der Waals surface area contributed by atoms with Gasteiger partial charge in [0.2, 0.25) is 5.91 Å². The van der Waals surface area contributed by atoms with Gasteiger partial charge in [0, 0.05) is 10.7 Å².